The molecule has 2 N–H and O–H groups in total. The Balaban J connectivity index is 2.39. The molecule has 4 nitrogen and oxygen atoms in total. The van der Waals surface area contributed by atoms with Crippen LogP contribution in [0, 0.1) is 0 Å². The molecule has 0 radical (unpaired) electrons. The summed E-state index contributed by atoms with van der Waals surface area (Å²) < 4.78 is 17.3. The smallest absolute Gasteiger partial charge is 0.122 e. The van der Waals surface area contributed by atoms with Crippen LogP contribution in [0.1, 0.15) is 25.3 Å². The van der Waals surface area contributed by atoms with E-state index in [1.807, 2.05) is 12.1 Å². The summed E-state index contributed by atoms with van der Waals surface area (Å²) in [5.74, 6) is 0.891. The van der Waals surface area contributed by atoms with E-state index >= 15 is 0 Å². The third-order valence-electron chi connectivity index (χ3n) is 3.15. The van der Waals surface area contributed by atoms with Gasteiger partial charge in [-0.3, -0.25) is 0 Å². The topological polar surface area (TPSA) is 53.7 Å². The van der Waals surface area contributed by atoms with Crippen LogP contribution in [0.15, 0.2) is 22.7 Å². The Morgan fingerprint density at radius 1 is 1.19 bits per heavy atom. The van der Waals surface area contributed by atoms with Crippen molar-refractivity contribution in [1.29, 1.82) is 0 Å². The minimum atomic E-state index is 0.159. The van der Waals surface area contributed by atoms with Gasteiger partial charge in [0.05, 0.1) is 6.61 Å². The number of rotatable bonds is 11. The lowest BCUT2D eigenvalue weighted by Gasteiger charge is -2.15. The minimum absolute atomic E-state index is 0.159. The molecular formula is C16H26BrNO3. The van der Waals surface area contributed by atoms with Crippen molar-refractivity contribution < 1.29 is 14.2 Å². The third kappa shape index (κ3) is 7.81. The van der Waals surface area contributed by atoms with Crippen molar-refractivity contribution >= 4 is 15.9 Å². The van der Waals surface area contributed by atoms with E-state index in [2.05, 4.69) is 28.9 Å². The molecule has 0 aromatic heterocycles. The van der Waals surface area contributed by atoms with Gasteiger partial charge in [0.25, 0.3) is 0 Å². The van der Waals surface area contributed by atoms with Gasteiger partial charge in [-0.1, -0.05) is 22.9 Å². The van der Waals surface area contributed by atoms with Crippen molar-refractivity contribution in [2.45, 2.75) is 32.2 Å². The molecule has 1 aromatic carbocycles. The fraction of sp³-hybridized carbons (Fsp3) is 0.625. The molecule has 1 rings (SSSR count). The number of halogens is 1. The van der Waals surface area contributed by atoms with Crippen LogP contribution in [0.2, 0.25) is 0 Å². The van der Waals surface area contributed by atoms with E-state index < -0.39 is 0 Å². The highest BCUT2D eigenvalue weighted by Crippen LogP contribution is 2.24. The molecule has 0 heterocycles. The van der Waals surface area contributed by atoms with E-state index in [0.717, 1.165) is 41.7 Å². The predicted molar refractivity (Wildman–Crippen MR) is 88.9 cm³/mol. The van der Waals surface area contributed by atoms with Gasteiger partial charge in [0.15, 0.2) is 0 Å². The number of nitrogens with two attached hydrogens (primary N) is 1. The third-order valence-corrected chi connectivity index (χ3v) is 3.64. The van der Waals surface area contributed by atoms with E-state index in [9.17, 15) is 0 Å². The molecule has 1 atom stereocenters. The summed E-state index contributed by atoms with van der Waals surface area (Å²) in [7, 11) is 1.69. The maximum atomic E-state index is 6.04. The zero-order chi connectivity index (χ0) is 15.5. The number of hydrogen-bond donors (Lipinski definition) is 1. The molecule has 120 valence electrons. The number of benzene rings is 1. The average molecular weight is 360 g/mol. The Morgan fingerprint density at radius 3 is 2.71 bits per heavy atom. The van der Waals surface area contributed by atoms with Crippen LogP contribution in [-0.4, -0.2) is 39.6 Å². The first-order chi connectivity index (χ1) is 10.2. The van der Waals surface area contributed by atoms with E-state index in [1.165, 1.54) is 0 Å². The standard InChI is InChI=1S/C16H26BrNO3/c1-3-15(18)12-13-11-14(17)5-6-16(13)21-10-9-20-8-4-7-19-2/h5-6,11,15H,3-4,7-10,12,18H2,1-2H3. The first-order valence-electron chi connectivity index (χ1n) is 7.40. The summed E-state index contributed by atoms with van der Waals surface area (Å²) in [6.07, 6.45) is 2.68. The van der Waals surface area contributed by atoms with Crippen LogP contribution in [0.3, 0.4) is 0 Å². The van der Waals surface area contributed by atoms with E-state index in [0.29, 0.717) is 19.8 Å². The molecule has 5 heteroatoms. The minimum Gasteiger partial charge on any atom is -0.491 e. The van der Waals surface area contributed by atoms with Gasteiger partial charge in [0.2, 0.25) is 0 Å². The van der Waals surface area contributed by atoms with Crippen molar-refractivity contribution in [2.75, 3.05) is 33.5 Å². The number of ether oxygens (including phenoxy) is 3. The summed E-state index contributed by atoms with van der Waals surface area (Å²) in [5.41, 5.74) is 7.18. The SMILES string of the molecule is CCC(N)Cc1cc(Br)ccc1OCCOCCCOC. The Bertz CT molecular complexity index is 401. The van der Waals surface area contributed by atoms with Crippen LogP contribution in [0.25, 0.3) is 0 Å². The van der Waals surface area contributed by atoms with Crippen LogP contribution in [0.5, 0.6) is 5.75 Å². The number of hydrogen-bond acceptors (Lipinski definition) is 4. The fourth-order valence-corrected chi connectivity index (χ4v) is 2.30. The average Bonchev–Trinajstić information content (AvgIpc) is 2.48. The second-order valence-corrected chi connectivity index (χ2v) is 5.85. The van der Waals surface area contributed by atoms with Gasteiger partial charge in [0, 0.05) is 30.8 Å². The Labute approximate surface area is 136 Å². The molecule has 1 unspecified atom stereocenters. The first-order valence-corrected chi connectivity index (χ1v) is 8.20. The van der Waals surface area contributed by atoms with Gasteiger partial charge in [-0.05, 0) is 43.0 Å². The largest absolute Gasteiger partial charge is 0.491 e. The summed E-state index contributed by atoms with van der Waals surface area (Å²) in [5, 5.41) is 0. The Morgan fingerprint density at radius 2 is 2.00 bits per heavy atom. The molecule has 0 fully saturated rings. The van der Waals surface area contributed by atoms with Crippen molar-refractivity contribution in [1.82, 2.24) is 0 Å². The van der Waals surface area contributed by atoms with E-state index in [-0.39, 0.29) is 6.04 Å². The van der Waals surface area contributed by atoms with Gasteiger partial charge >= 0.3 is 0 Å². The van der Waals surface area contributed by atoms with Crippen molar-refractivity contribution in [3.8, 4) is 5.75 Å². The molecular weight excluding hydrogens is 334 g/mol. The molecule has 1 aromatic rings. The highest BCUT2D eigenvalue weighted by Gasteiger charge is 2.08. The first kappa shape index (κ1) is 18.4. The Hall–Kier alpha value is -0.620. The van der Waals surface area contributed by atoms with Gasteiger partial charge in [0.1, 0.15) is 12.4 Å². The van der Waals surface area contributed by atoms with Crippen LogP contribution >= 0.6 is 15.9 Å². The monoisotopic (exact) mass is 359 g/mol. The van der Waals surface area contributed by atoms with Gasteiger partial charge < -0.3 is 19.9 Å². The normalized spacial score (nSPS) is 12.4. The lowest BCUT2D eigenvalue weighted by atomic mass is 10.0. The summed E-state index contributed by atoms with van der Waals surface area (Å²) in [6.45, 7) is 4.65. The van der Waals surface area contributed by atoms with Crippen LogP contribution < -0.4 is 10.5 Å². The van der Waals surface area contributed by atoms with Gasteiger partial charge in [-0.15, -0.1) is 0 Å². The predicted octanol–water partition coefficient (Wildman–Crippen LogP) is 3.16. The maximum absolute atomic E-state index is 6.04. The summed E-state index contributed by atoms with van der Waals surface area (Å²) in [6, 6.07) is 6.19. The van der Waals surface area contributed by atoms with Crippen LogP contribution in [0.4, 0.5) is 0 Å². The van der Waals surface area contributed by atoms with E-state index in [1.54, 1.807) is 7.11 Å². The van der Waals surface area contributed by atoms with Crippen molar-refractivity contribution in [3.05, 3.63) is 28.2 Å². The zero-order valence-electron chi connectivity index (χ0n) is 12.9. The molecule has 21 heavy (non-hydrogen) atoms. The molecule has 0 amide bonds. The molecule has 0 bridgehead atoms. The fourth-order valence-electron chi connectivity index (χ4n) is 1.89. The van der Waals surface area contributed by atoms with Gasteiger partial charge in [-0.25, -0.2) is 0 Å². The lowest BCUT2D eigenvalue weighted by Crippen LogP contribution is -2.22. The quantitative estimate of drug-likeness (QED) is 0.616. The number of methoxy groups -OCH3 is 1. The van der Waals surface area contributed by atoms with Crippen LogP contribution in [-0.2, 0) is 15.9 Å². The highest BCUT2D eigenvalue weighted by atomic mass is 79.9. The highest BCUT2D eigenvalue weighted by molar-refractivity contribution is 9.10. The summed E-state index contributed by atoms with van der Waals surface area (Å²) >= 11 is 3.49. The lowest BCUT2D eigenvalue weighted by molar-refractivity contribution is 0.0804. The maximum Gasteiger partial charge on any atom is 0.122 e. The second kappa shape index (κ2) is 11.0. The van der Waals surface area contributed by atoms with E-state index in [4.69, 9.17) is 19.9 Å². The second-order valence-electron chi connectivity index (χ2n) is 4.93. The molecule has 0 aliphatic carbocycles. The van der Waals surface area contributed by atoms with Gasteiger partial charge in [-0.2, -0.15) is 0 Å². The zero-order valence-corrected chi connectivity index (χ0v) is 14.5. The molecule has 0 aliphatic rings. The molecule has 0 aliphatic heterocycles. The molecule has 0 spiro atoms. The summed E-state index contributed by atoms with van der Waals surface area (Å²) in [4.78, 5) is 0. The molecule has 0 saturated carbocycles. The molecule has 0 saturated heterocycles. The van der Waals surface area contributed by atoms with Crippen molar-refractivity contribution in [2.24, 2.45) is 5.73 Å². The Kier molecular flexibility index (Phi) is 9.67. The van der Waals surface area contributed by atoms with Crippen molar-refractivity contribution in [3.63, 3.8) is 0 Å².